The number of esters is 1. The van der Waals surface area contributed by atoms with Crippen molar-refractivity contribution in [3.63, 3.8) is 0 Å². The predicted octanol–water partition coefficient (Wildman–Crippen LogP) is 4.73. The summed E-state index contributed by atoms with van der Waals surface area (Å²) in [5, 5.41) is 4.49. The van der Waals surface area contributed by atoms with E-state index in [4.69, 9.17) is 17.0 Å². The lowest BCUT2D eigenvalue weighted by molar-refractivity contribution is 0.0602. The van der Waals surface area contributed by atoms with E-state index in [1.165, 1.54) is 7.11 Å². The van der Waals surface area contributed by atoms with Crippen molar-refractivity contribution >= 4 is 39.9 Å². The largest absolute Gasteiger partial charge is 0.465 e. The first-order valence-corrected chi connectivity index (χ1v) is 11.5. The molecule has 2 heterocycles. The smallest absolute Gasteiger partial charge is 0.339 e. The Balaban J connectivity index is 1.68. The third-order valence-corrected chi connectivity index (χ3v) is 6.21. The second-order valence-corrected chi connectivity index (χ2v) is 8.72. The van der Waals surface area contributed by atoms with Gasteiger partial charge in [0.05, 0.1) is 24.9 Å². The van der Waals surface area contributed by atoms with Crippen LogP contribution in [-0.2, 0) is 17.8 Å². The number of fused-ring (bicyclic) bond motifs is 1. The van der Waals surface area contributed by atoms with Crippen molar-refractivity contribution in [3.8, 4) is 0 Å². The number of hydrogen-bond acceptors (Lipinski definition) is 5. The molecule has 8 heteroatoms. The molecule has 0 saturated heterocycles. The highest BCUT2D eigenvalue weighted by Gasteiger charge is 2.18. The van der Waals surface area contributed by atoms with Gasteiger partial charge in [-0.25, -0.2) is 4.79 Å². The number of hydrogen-bond donors (Lipinski definition) is 2. The Morgan fingerprint density at radius 1 is 1.09 bits per heavy atom. The van der Waals surface area contributed by atoms with Gasteiger partial charge in [-0.3, -0.25) is 9.78 Å². The van der Waals surface area contributed by atoms with E-state index in [2.05, 4.69) is 21.4 Å². The standard InChI is InChI=1S/C27H26N4O3S/c1-17-11-20-13-21(25(32)29-24(20)12-18(17)2)16-31(15-19-7-6-10-28-14-19)27(35)30-23-9-5-4-8-22(23)26(33)34-3/h4-14H,15-16H2,1-3H3,(H,29,32)(H,30,35). The molecule has 178 valence electrons. The second-order valence-electron chi connectivity index (χ2n) is 8.33. The molecular weight excluding hydrogens is 460 g/mol. The Labute approximate surface area is 208 Å². The van der Waals surface area contributed by atoms with Crippen molar-refractivity contribution in [1.82, 2.24) is 14.9 Å². The molecule has 7 nitrogen and oxygen atoms in total. The molecule has 0 spiro atoms. The molecule has 2 aromatic heterocycles. The molecule has 0 aliphatic rings. The Morgan fingerprint density at radius 3 is 2.60 bits per heavy atom. The summed E-state index contributed by atoms with van der Waals surface area (Å²) in [5.74, 6) is -0.466. The van der Waals surface area contributed by atoms with Crippen LogP contribution in [0.2, 0.25) is 0 Å². The first-order valence-electron chi connectivity index (χ1n) is 11.1. The highest BCUT2D eigenvalue weighted by atomic mass is 32.1. The van der Waals surface area contributed by atoms with E-state index in [9.17, 15) is 9.59 Å². The number of thiocarbonyl (C=S) groups is 1. The minimum atomic E-state index is -0.466. The molecule has 0 aliphatic carbocycles. The van der Waals surface area contributed by atoms with Crippen LogP contribution < -0.4 is 10.9 Å². The Hall–Kier alpha value is -4.04. The minimum Gasteiger partial charge on any atom is -0.465 e. The molecule has 0 radical (unpaired) electrons. The summed E-state index contributed by atoms with van der Waals surface area (Å²) in [6.45, 7) is 4.75. The van der Waals surface area contributed by atoms with E-state index in [1.807, 2.05) is 43.0 Å². The highest BCUT2D eigenvalue weighted by Crippen LogP contribution is 2.20. The fraction of sp³-hybridized carbons (Fsp3) is 0.185. The number of aryl methyl sites for hydroxylation is 2. The van der Waals surface area contributed by atoms with Gasteiger partial charge in [-0.2, -0.15) is 0 Å². The number of nitrogens with one attached hydrogen (secondary N) is 2. The zero-order valence-electron chi connectivity index (χ0n) is 19.8. The quantitative estimate of drug-likeness (QED) is 0.301. The number of H-pyrrole nitrogens is 1. The van der Waals surface area contributed by atoms with Gasteiger partial charge in [0.15, 0.2) is 5.11 Å². The van der Waals surface area contributed by atoms with Crippen LogP contribution in [0, 0.1) is 13.8 Å². The normalized spacial score (nSPS) is 10.7. The topological polar surface area (TPSA) is 87.3 Å². The summed E-state index contributed by atoms with van der Waals surface area (Å²) >= 11 is 5.75. The Morgan fingerprint density at radius 2 is 1.86 bits per heavy atom. The molecule has 35 heavy (non-hydrogen) atoms. The first-order chi connectivity index (χ1) is 16.9. The molecule has 0 fully saturated rings. The third-order valence-electron chi connectivity index (χ3n) is 5.85. The van der Waals surface area contributed by atoms with Crippen LogP contribution in [0.4, 0.5) is 5.69 Å². The molecule has 0 aliphatic heterocycles. The average molecular weight is 487 g/mol. The van der Waals surface area contributed by atoms with Crippen molar-refractivity contribution in [3.05, 3.63) is 105 Å². The number of carbonyl (C=O) groups excluding carboxylic acids is 1. The number of rotatable bonds is 6. The molecule has 0 saturated carbocycles. The lowest BCUT2D eigenvalue weighted by Crippen LogP contribution is -2.36. The monoisotopic (exact) mass is 486 g/mol. The van der Waals surface area contributed by atoms with Crippen LogP contribution in [0.3, 0.4) is 0 Å². The molecule has 4 aromatic rings. The number of para-hydroxylation sites is 1. The van der Waals surface area contributed by atoms with E-state index in [-0.39, 0.29) is 12.1 Å². The van der Waals surface area contributed by atoms with E-state index < -0.39 is 5.97 Å². The SMILES string of the molecule is COC(=O)c1ccccc1NC(=S)N(Cc1cccnc1)Cc1cc2cc(C)c(C)cc2[nH]c1=O. The predicted molar refractivity (Wildman–Crippen MR) is 142 cm³/mol. The zero-order valence-corrected chi connectivity index (χ0v) is 20.6. The van der Waals surface area contributed by atoms with E-state index >= 15 is 0 Å². The number of benzene rings is 2. The van der Waals surface area contributed by atoms with Crippen molar-refractivity contribution in [1.29, 1.82) is 0 Å². The number of methoxy groups -OCH3 is 1. The molecule has 0 atom stereocenters. The van der Waals surface area contributed by atoms with E-state index in [0.717, 1.165) is 27.6 Å². The fourth-order valence-corrected chi connectivity index (χ4v) is 4.07. The van der Waals surface area contributed by atoms with Crippen molar-refractivity contribution < 1.29 is 9.53 Å². The first kappa shape index (κ1) is 24.1. The summed E-state index contributed by atoms with van der Waals surface area (Å²) in [6, 6.07) is 16.7. The van der Waals surface area contributed by atoms with Crippen molar-refractivity contribution in [2.45, 2.75) is 26.9 Å². The number of aromatic amines is 1. The van der Waals surface area contributed by atoms with E-state index in [0.29, 0.717) is 28.5 Å². The van der Waals surface area contributed by atoms with Gasteiger partial charge in [0.2, 0.25) is 0 Å². The van der Waals surface area contributed by atoms with Gasteiger partial charge in [-0.15, -0.1) is 0 Å². The molecule has 0 unspecified atom stereocenters. The maximum absolute atomic E-state index is 13.0. The fourth-order valence-electron chi connectivity index (χ4n) is 3.83. The number of carbonyl (C=O) groups is 1. The van der Waals surface area contributed by atoms with Crippen LogP contribution >= 0.6 is 12.2 Å². The number of anilines is 1. The summed E-state index contributed by atoms with van der Waals surface area (Å²) in [4.78, 5) is 34.2. The number of ether oxygens (including phenoxy) is 1. The highest BCUT2D eigenvalue weighted by molar-refractivity contribution is 7.80. The van der Waals surface area contributed by atoms with Gasteiger partial charge < -0.3 is 19.9 Å². The minimum absolute atomic E-state index is 0.172. The maximum atomic E-state index is 13.0. The Kier molecular flexibility index (Phi) is 7.22. The number of nitrogens with zero attached hydrogens (tertiary/aromatic N) is 2. The van der Waals surface area contributed by atoms with Crippen LogP contribution in [0.1, 0.15) is 32.6 Å². The molecule has 4 rings (SSSR count). The van der Waals surface area contributed by atoms with Gasteiger partial charge in [-0.1, -0.05) is 18.2 Å². The lowest BCUT2D eigenvalue weighted by Gasteiger charge is -2.26. The lowest BCUT2D eigenvalue weighted by atomic mass is 10.0. The Bertz CT molecular complexity index is 1450. The zero-order chi connectivity index (χ0) is 24.9. The number of pyridine rings is 2. The van der Waals surface area contributed by atoms with Gasteiger partial charge in [0, 0.05) is 30.0 Å². The van der Waals surface area contributed by atoms with Gasteiger partial charge in [0.25, 0.3) is 5.56 Å². The molecular formula is C27H26N4O3S. The molecule has 2 aromatic carbocycles. The van der Waals surface area contributed by atoms with Crippen LogP contribution in [0.25, 0.3) is 10.9 Å². The van der Waals surface area contributed by atoms with Gasteiger partial charge in [-0.05, 0) is 84.5 Å². The summed E-state index contributed by atoms with van der Waals surface area (Å²) in [5.41, 5.74) is 5.31. The summed E-state index contributed by atoms with van der Waals surface area (Å²) < 4.78 is 4.90. The van der Waals surface area contributed by atoms with Crippen molar-refractivity contribution in [2.75, 3.05) is 12.4 Å². The third kappa shape index (κ3) is 5.55. The van der Waals surface area contributed by atoms with Crippen LogP contribution in [-0.4, -0.2) is 33.1 Å². The molecule has 2 N–H and O–H groups in total. The summed E-state index contributed by atoms with van der Waals surface area (Å²) in [7, 11) is 1.33. The second kappa shape index (κ2) is 10.5. The average Bonchev–Trinajstić information content (AvgIpc) is 2.85. The molecule has 0 bridgehead atoms. The maximum Gasteiger partial charge on any atom is 0.339 e. The van der Waals surface area contributed by atoms with Gasteiger partial charge in [0.1, 0.15) is 0 Å². The number of aromatic nitrogens is 2. The van der Waals surface area contributed by atoms with Crippen molar-refractivity contribution in [2.24, 2.45) is 0 Å². The molecule has 0 amide bonds. The van der Waals surface area contributed by atoms with Crippen LogP contribution in [0.15, 0.2) is 71.8 Å². The van der Waals surface area contributed by atoms with E-state index in [1.54, 1.807) is 36.7 Å². The summed E-state index contributed by atoms with van der Waals surface area (Å²) in [6.07, 6.45) is 3.46. The van der Waals surface area contributed by atoms with Gasteiger partial charge >= 0.3 is 5.97 Å². The van der Waals surface area contributed by atoms with Crippen LogP contribution in [0.5, 0.6) is 0 Å².